The van der Waals surface area contributed by atoms with Gasteiger partial charge in [-0.25, -0.2) is 4.98 Å². The number of imidazole rings is 1. The second-order valence-electron chi connectivity index (χ2n) is 4.79. The van der Waals surface area contributed by atoms with E-state index in [0.717, 1.165) is 33.8 Å². The molecule has 3 aromatic rings. The van der Waals surface area contributed by atoms with Gasteiger partial charge in [0.15, 0.2) is 11.5 Å². The molecular weight excluding hydrogens is 254 g/mol. The van der Waals surface area contributed by atoms with Crippen molar-refractivity contribution in [3.05, 3.63) is 42.0 Å². The molecule has 20 heavy (non-hydrogen) atoms. The molecule has 2 heterocycles. The summed E-state index contributed by atoms with van der Waals surface area (Å²) in [5, 5.41) is 0. The number of ether oxygens (including phenoxy) is 2. The van der Waals surface area contributed by atoms with Crippen molar-refractivity contribution in [2.24, 2.45) is 0 Å². The van der Waals surface area contributed by atoms with Crippen LogP contribution in [0.3, 0.4) is 0 Å². The highest BCUT2D eigenvalue weighted by atomic mass is 16.7. The Morgan fingerprint density at radius 3 is 2.90 bits per heavy atom. The summed E-state index contributed by atoms with van der Waals surface area (Å²) < 4.78 is 12.7. The molecule has 0 amide bonds. The molecule has 1 aliphatic heterocycles. The van der Waals surface area contributed by atoms with E-state index in [-0.39, 0.29) is 6.79 Å². The predicted molar refractivity (Wildman–Crippen MR) is 76.3 cm³/mol. The highest BCUT2D eigenvalue weighted by Gasteiger charge is 2.17. The van der Waals surface area contributed by atoms with Gasteiger partial charge < -0.3 is 15.2 Å². The maximum absolute atomic E-state index is 6.08. The minimum atomic E-state index is 0.262. The average molecular weight is 267 g/mol. The molecule has 1 aliphatic rings. The van der Waals surface area contributed by atoms with E-state index in [4.69, 9.17) is 15.2 Å². The standard InChI is InChI=1S/C15H13N3O2/c1-9-3-2-4-11-14(9)18(15(16)17-11)10-5-6-12-13(7-10)20-8-19-12/h2-7H,8H2,1H3,(H2,16,17). The summed E-state index contributed by atoms with van der Waals surface area (Å²) in [6.45, 7) is 2.31. The van der Waals surface area contributed by atoms with Gasteiger partial charge >= 0.3 is 0 Å². The molecule has 0 radical (unpaired) electrons. The third-order valence-corrected chi connectivity index (χ3v) is 3.52. The number of anilines is 1. The molecule has 100 valence electrons. The number of nitrogen functional groups attached to an aromatic ring is 1. The van der Waals surface area contributed by atoms with Gasteiger partial charge in [-0.3, -0.25) is 4.57 Å². The lowest BCUT2D eigenvalue weighted by atomic mass is 10.2. The van der Waals surface area contributed by atoms with Gasteiger partial charge in [0, 0.05) is 6.07 Å². The Bertz CT molecular complexity index is 823. The Hall–Kier alpha value is -2.69. The molecule has 2 N–H and O–H groups in total. The number of para-hydroxylation sites is 1. The van der Waals surface area contributed by atoms with Gasteiger partial charge in [-0.05, 0) is 30.7 Å². The molecule has 4 rings (SSSR count). The van der Waals surface area contributed by atoms with Crippen molar-refractivity contribution in [2.75, 3.05) is 12.5 Å². The smallest absolute Gasteiger partial charge is 0.231 e. The number of nitrogens with zero attached hydrogens (tertiary/aromatic N) is 2. The summed E-state index contributed by atoms with van der Waals surface area (Å²) in [7, 11) is 0. The third-order valence-electron chi connectivity index (χ3n) is 3.52. The second-order valence-corrected chi connectivity index (χ2v) is 4.79. The Morgan fingerprint density at radius 1 is 1.15 bits per heavy atom. The first-order chi connectivity index (χ1) is 9.74. The van der Waals surface area contributed by atoms with E-state index >= 15 is 0 Å². The quantitative estimate of drug-likeness (QED) is 0.736. The third kappa shape index (κ3) is 1.46. The molecule has 1 aromatic heterocycles. The van der Waals surface area contributed by atoms with Crippen LogP contribution in [0.5, 0.6) is 11.5 Å². The van der Waals surface area contributed by atoms with Crippen molar-refractivity contribution in [2.45, 2.75) is 6.92 Å². The van der Waals surface area contributed by atoms with Gasteiger partial charge in [-0.15, -0.1) is 0 Å². The number of aromatic nitrogens is 2. The normalized spacial score (nSPS) is 13.1. The maximum atomic E-state index is 6.08. The first-order valence-electron chi connectivity index (χ1n) is 6.37. The van der Waals surface area contributed by atoms with Crippen LogP contribution in [0.25, 0.3) is 16.7 Å². The SMILES string of the molecule is Cc1cccc2nc(N)n(-c3ccc4c(c3)OCO4)c12. The van der Waals surface area contributed by atoms with E-state index in [0.29, 0.717) is 5.95 Å². The molecule has 2 aromatic carbocycles. The molecule has 0 atom stereocenters. The highest BCUT2D eigenvalue weighted by Crippen LogP contribution is 2.35. The van der Waals surface area contributed by atoms with E-state index in [2.05, 4.69) is 4.98 Å². The topological polar surface area (TPSA) is 62.3 Å². The monoisotopic (exact) mass is 267 g/mol. The van der Waals surface area contributed by atoms with Crippen LogP contribution in [0.15, 0.2) is 36.4 Å². The number of hydrogen-bond donors (Lipinski definition) is 1. The first kappa shape index (κ1) is 11.2. The van der Waals surface area contributed by atoms with Gasteiger partial charge in [0.2, 0.25) is 12.7 Å². The molecule has 0 unspecified atom stereocenters. The van der Waals surface area contributed by atoms with Crippen molar-refractivity contribution in [3.63, 3.8) is 0 Å². The lowest BCUT2D eigenvalue weighted by Gasteiger charge is -2.09. The first-order valence-corrected chi connectivity index (χ1v) is 6.37. The van der Waals surface area contributed by atoms with Crippen LogP contribution in [-0.2, 0) is 0 Å². The fourth-order valence-corrected chi connectivity index (χ4v) is 2.60. The zero-order valence-electron chi connectivity index (χ0n) is 11.0. The Labute approximate surface area is 115 Å². The lowest BCUT2D eigenvalue weighted by Crippen LogP contribution is -2.01. The molecule has 0 spiro atoms. The molecule has 0 aliphatic carbocycles. The molecule has 0 saturated heterocycles. The lowest BCUT2D eigenvalue weighted by molar-refractivity contribution is 0.174. The number of rotatable bonds is 1. The summed E-state index contributed by atoms with van der Waals surface area (Å²) >= 11 is 0. The van der Waals surface area contributed by atoms with E-state index in [1.165, 1.54) is 0 Å². The Kier molecular flexibility index (Phi) is 2.18. The minimum Gasteiger partial charge on any atom is -0.454 e. The van der Waals surface area contributed by atoms with Crippen molar-refractivity contribution in [3.8, 4) is 17.2 Å². The van der Waals surface area contributed by atoms with Crippen molar-refractivity contribution < 1.29 is 9.47 Å². The fraction of sp³-hybridized carbons (Fsp3) is 0.133. The van der Waals surface area contributed by atoms with Crippen LogP contribution in [0, 0.1) is 6.92 Å². The summed E-state index contributed by atoms with van der Waals surface area (Å²) in [6.07, 6.45) is 0. The largest absolute Gasteiger partial charge is 0.454 e. The van der Waals surface area contributed by atoms with Gasteiger partial charge in [0.05, 0.1) is 16.7 Å². The van der Waals surface area contributed by atoms with Gasteiger partial charge in [-0.2, -0.15) is 0 Å². The molecule has 5 nitrogen and oxygen atoms in total. The van der Waals surface area contributed by atoms with Gasteiger partial charge in [-0.1, -0.05) is 12.1 Å². The molecule has 5 heteroatoms. The number of fused-ring (bicyclic) bond motifs is 2. The fourth-order valence-electron chi connectivity index (χ4n) is 2.60. The molecular formula is C15H13N3O2. The summed E-state index contributed by atoms with van der Waals surface area (Å²) in [6, 6.07) is 11.8. The van der Waals surface area contributed by atoms with E-state index in [1.807, 2.05) is 47.9 Å². The summed E-state index contributed by atoms with van der Waals surface area (Å²) in [4.78, 5) is 4.41. The second kappa shape index (κ2) is 3.90. The van der Waals surface area contributed by atoms with Crippen LogP contribution >= 0.6 is 0 Å². The van der Waals surface area contributed by atoms with Crippen molar-refractivity contribution >= 4 is 17.0 Å². The Morgan fingerprint density at radius 2 is 2.00 bits per heavy atom. The molecule has 0 bridgehead atoms. The van der Waals surface area contributed by atoms with Crippen molar-refractivity contribution in [1.29, 1.82) is 0 Å². The zero-order valence-corrected chi connectivity index (χ0v) is 11.0. The average Bonchev–Trinajstić information content (AvgIpc) is 3.01. The van der Waals surface area contributed by atoms with Crippen LogP contribution in [0.2, 0.25) is 0 Å². The predicted octanol–water partition coefficient (Wildman–Crippen LogP) is 2.64. The van der Waals surface area contributed by atoms with E-state index in [1.54, 1.807) is 0 Å². The number of nitrogens with two attached hydrogens (primary N) is 1. The number of aryl methyl sites for hydroxylation is 1. The highest BCUT2D eigenvalue weighted by molar-refractivity contribution is 5.84. The van der Waals surface area contributed by atoms with Crippen LogP contribution in [0.4, 0.5) is 5.95 Å². The summed E-state index contributed by atoms with van der Waals surface area (Å²) in [5.74, 6) is 1.96. The maximum Gasteiger partial charge on any atom is 0.231 e. The van der Waals surface area contributed by atoms with E-state index in [9.17, 15) is 0 Å². The zero-order chi connectivity index (χ0) is 13.7. The van der Waals surface area contributed by atoms with Crippen LogP contribution in [0.1, 0.15) is 5.56 Å². The molecule has 0 saturated carbocycles. The van der Waals surface area contributed by atoms with Crippen LogP contribution in [-0.4, -0.2) is 16.3 Å². The van der Waals surface area contributed by atoms with Gasteiger partial charge in [0.1, 0.15) is 0 Å². The van der Waals surface area contributed by atoms with E-state index < -0.39 is 0 Å². The number of hydrogen-bond acceptors (Lipinski definition) is 4. The molecule has 0 fully saturated rings. The van der Waals surface area contributed by atoms with Gasteiger partial charge in [0.25, 0.3) is 0 Å². The minimum absolute atomic E-state index is 0.262. The van der Waals surface area contributed by atoms with Crippen molar-refractivity contribution in [1.82, 2.24) is 9.55 Å². The summed E-state index contributed by atoms with van der Waals surface area (Å²) in [5.41, 5.74) is 10.0. The van der Waals surface area contributed by atoms with Crippen LogP contribution < -0.4 is 15.2 Å². The Balaban J connectivity index is 2.00. The number of benzene rings is 2.